The number of aromatic nitrogens is 3. The molecule has 0 atom stereocenters. The van der Waals surface area contributed by atoms with Gasteiger partial charge in [0.15, 0.2) is 17.5 Å². The van der Waals surface area contributed by atoms with Gasteiger partial charge in [-0.2, -0.15) is 0 Å². The van der Waals surface area contributed by atoms with Crippen molar-refractivity contribution in [2.45, 2.75) is 77.0 Å². The van der Waals surface area contributed by atoms with Crippen LogP contribution in [0.4, 0.5) is 0 Å². The first-order valence-electron chi connectivity index (χ1n) is 21.4. The third-order valence-corrected chi connectivity index (χ3v) is 13.7. The Morgan fingerprint density at radius 1 is 0.350 bits per heavy atom. The molecule has 60 heavy (non-hydrogen) atoms. The van der Waals surface area contributed by atoms with Gasteiger partial charge in [-0.15, -0.1) is 0 Å². The minimum absolute atomic E-state index is 0.0210. The smallest absolute Gasteiger partial charge is 0.164 e. The lowest BCUT2D eigenvalue weighted by Crippen LogP contribution is -2.27. The number of fused-ring (bicyclic) bond motifs is 13. The Labute approximate surface area is 354 Å². The Morgan fingerprint density at radius 3 is 1.45 bits per heavy atom. The fourth-order valence-corrected chi connectivity index (χ4v) is 10.5. The standard InChI is InChI=1S/C57H49N3/c1-54(2,3)36-26-29-40-41-30-27-37(55(4,5)6)33-49(41)57(48(40)32-36)45-23-15-12-19-38(45)39-28-25-35(31-47(39)57)52-58-51(34-17-10-9-11-18-34)59-53(60-52)43-21-16-24-46-50(43)42-20-13-14-22-44(42)56(46,7)8/h9-33H,1-8H3. The van der Waals surface area contributed by atoms with Crippen LogP contribution >= 0.6 is 0 Å². The fourth-order valence-electron chi connectivity index (χ4n) is 10.5. The number of nitrogens with zero attached hydrogens (tertiary/aromatic N) is 3. The molecule has 1 spiro atoms. The quantitative estimate of drug-likeness (QED) is 0.179. The molecule has 0 radical (unpaired) electrons. The second-order valence-electron chi connectivity index (χ2n) is 19.6. The highest BCUT2D eigenvalue weighted by atomic mass is 15.0. The van der Waals surface area contributed by atoms with Gasteiger partial charge in [0, 0.05) is 22.1 Å². The number of rotatable bonds is 3. The fraction of sp³-hybridized carbons (Fsp3) is 0.211. The zero-order valence-corrected chi connectivity index (χ0v) is 35.8. The van der Waals surface area contributed by atoms with Crippen LogP contribution in [-0.2, 0) is 21.7 Å². The Kier molecular flexibility index (Phi) is 7.65. The van der Waals surface area contributed by atoms with Gasteiger partial charge < -0.3 is 0 Å². The van der Waals surface area contributed by atoms with E-state index in [1.54, 1.807) is 0 Å². The maximum absolute atomic E-state index is 5.45. The molecule has 0 fully saturated rings. The first-order chi connectivity index (χ1) is 28.8. The molecule has 292 valence electrons. The summed E-state index contributed by atoms with van der Waals surface area (Å²) in [4.78, 5) is 16.0. The Hall–Kier alpha value is -6.45. The summed E-state index contributed by atoms with van der Waals surface area (Å²) in [6.45, 7) is 18.6. The molecule has 3 aliphatic rings. The predicted molar refractivity (Wildman–Crippen MR) is 247 cm³/mol. The van der Waals surface area contributed by atoms with E-state index in [4.69, 9.17) is 15.0 Å². The second-order valence-corrected chi connectivity index (χ2v) is 19.6. The van der Waals surface area contributed by atoms with E-state index in [2.05, 4.69) is 201 Å². The number of hydrogen-bond donors (Lipinski definition) is 0. The molecular weight excluding hydrogens is 727 g/mol. The van der Waals surface area contributed by atoms with Gasteiger partial charge in [0.25, 0.3) is 0 Å². The van der Waals surface area contributed by atoms with E-state index in [1.807, 2.05) is 6.07 Å². The van der Waals surface area contributed by atoms with Crippen LogP contribution in [-0.4, -0.2) is 15.0 Å². The summed E-state index contributed by atoms with van der Waals surface area (Å²) in [6.07, 6.45) is 0. The average molecular weight is 776 g/mol. The minimum Gasteiger partial charge on any atom is -0.208 e. The maximum atomic E-state index is 5.45. The first kappa shape index (κ1) is 36.6. The molecule has 11 rings (SSSR count). The van der Waals surface area contributed by atoms with Crippen LogP contribution in [0.15, 0.2) is 152 Å². The average Bonchev–Trinajstić information content (AvgIpc) is 3.81. The monoisotopic (exact) mass is 775 g/mol. The van der Waals surface area contributed by atoms with Crippen LogP contribution in [0.3, 0.4) is 0 Å². The largest absolute Gasteiger partial charge is 0.208 e. The Morgan fingerprint density at radius 2 is 0.817 bits per heavy atom. The van der Waals surface area contributed by atoms with Crippen molar-refractivity contribution >= 4 is 0 Å². The van der Waals surface area contributed by atoms with E-state index < -0.39 is 5.41 Å². The Bertz CT molecular complexity index is 3020. The van der Waals surface area contributed by atoms with Gasteiger partial charge in [0.05, 0.1) is 5.41 Å². The zero-order chi connectivity index (χ0) is 41.3. The normalized spacial score (nSPS) is 14.9. The molecule has 3 aliphatic carbocycles. The van der Waals surface area contributed by atoms with E-state index in [1.165, 1.54) is 77.9 Å². The molecule has 0 saturated heterocycles. The van der Waals surface area contributed by atoms with Crippen molar-refractivity contribution < 1.29 is 0 Å². The summed E-state index contributed by atoms with van der Waals surface area (Å²) < 4.78 is 0. The molecular formula is C57H49N3. The summed E-state index contributed by atoms with van der Waals surface area (Å²) in [5.41, 5.74) is 20.5. The van der Waals surface area contributed by atoms with Crippen LogP contribution in [0, 0.1) is 0 Å². The molecule has 0 saturated carbocycles. The number of benzene rings is 7. The molecule has 0 amide bonds. The number of hydrogen-bond acceptors (Lipinski definition) is 3. The lowest BCUT2D eigenvalue weighted by atomic mass is 9.68. The predicted octanol–water partition coefficient (Wildman–Crippen LogP) is 14.1. The minimum atomic E-state index is -0.525. The topological polar surface area (TPSA) is 38.7 Å². The van der Waals surface area contributed by atoms with Gasteiger partial charge >= 0.3 is 0 Å². The van der Waals surface area contributed by atoms with E-state index in [0.717, 1.165) is 16.7 Å². The summed E-state index contributed by atoms with van der Waals surface area (Å²) in [5.74, 6) is 2.02. The van der Waals surface area contributed by atoms with Crippen LogP contribution in [0.1, 0.15) is 99.9 Å². The highest BCUT2D eigenvalue weighted by molar-refractivity contribution is 5.96. The zero-order valence-electron chi connectivity index (χ0n) is 35.8. The molecule has 0 N–H and O–H groups in total. The van der Waals surface area contributed by atoms with Crippen LogP contribution < -0.4 is 0 Å². The summed E-state index contributed by atoms with van der Waals surface area (Å²) in [6, 6.07) is 56.3. The molecule has 1 aromatic heterocycles. The van der Waals surface area contributed by atoms with Gasteiger partial charge in [-0.3, -0.25) is 0 Å². The Balaban J connectivity index is 1.19. The summed E-state index contributed by atoms with van der Waals surface area (Å²) in [5, 5.41) is 0. The molecule has 8 aromatic rings. The molecule has 0 unspecified atom stereocenters. The maximum Gasteiger partial charge on any atom is 0.164 e. The van der Waals surface area contributed by atoms with Crippen molar-refractivity contribution in [2.75, 3.05) is 0 Å². The lowest BCUT2D eigenvalue weighted by Gasteiger charge is -2.33. The van der Waals surface area contributed by atoms with Crippen molar-refractivity contribution in [3.63, 3.8) is 0 Å². The van der Waals surface area contributed by atoms with Gasteiger partial charge in [-0.05, 0) is 94.8 Å². The van der Waals surface area contributed by atoms with Gasteiger partial charge in [0.2, 0.25) is 0 Å². The highest BCUT2D eigenvalue weighted by Crippen LogP contribution is 2.64. The van der Waals surface area contributed by atoms with Crippen molar-refractivity contribution in [3.8, 4) is 67.5 Å². The summed E-state index contributed by atoms with van der Waals surface area (Å²) in [7, 11) is 0. The van der Waals surface area contributed by atoms with Crippen molar-refractivity contribution in [2.24, 2.45) is 0 Å². The molecule has 3 heteroatoms. The van der Waals surface area contributed by atoms with E-state index >= 15 is 0 Å². The summed E-state index contributed by atoms with van der Waals surface area (Å²) >= 11 is 0. The third kappa shape index (κ3) is 5.11. The van der Waals surface area contributed by atoms with Crippen LogP contribution in [0.25, 0.3) is 67.5 Å². The molecule has 0 bridgehead atoms. The SMILES string of the molecule is CC(C)(C)c1ccc2c(c1)C1(c3ccccc3-c3ccc(-c4nc(-c5ccccc5)nc(-c5cccc6c5-c5ccccc5C6(C)C)n4)cc31)c1cc(C(C)(C)C)ccc1-2. The van der Waals surface area contributed by atoms with E-state index in [0.29, 0.717) is 17.5 Å². The van der Waals surface area contributed by atoms with Gasteiger partial charge in [-0.25, -0.2) is 15.0 Å². The van der Waals surface area contributed by atoms with Crippen molar-refractivity contribution in [3.05, 3.63) is 196 Å². The first-order valence-corrected chi connectivity index (χ1v) is 21.4. The second kappa shape index (κ2) is 12.5. The third-order valence-electron chi connectivity index (χ3n) is 13.7. The van der Waals surface area contributed by atoms with E-state index in [9.17, 15) is 0 Å². The molecule has 0 aliphatic heterocycles. The molecule has 3 nitrogen and oxygen atoms in total. The van der Waals surface area contributed by atoms with E-state index in [-0.39, 0.29) is 16.2 Å². The van der Waals surface area contributed by atoms with Crippen molar-refractivity contribution in [1.29, 1.82) is 0 Å². The van der Waals surface area contributed by atoms with Crippen LogP contribution in [0.2, 0.25) is 0 Å². The van der Waals surface area contributed by atoms with Gasteiger partial charge in [-0.1, -0.05) is 201 Å². The van der Waals surface area contributed by atoms with Crippen LogP contribution in [0.5, 0.6) is 0 Å². The van der Waals surface area contributed by atoms with Gasteiger partial charge in [0.1, 0.15) is 0 Å². The molecule has 1 heterocycles. The lowest BCUT2D eigenvalue weighted by molar-refractivity contribution is 0.586. The van der Waals surface area contributed by atoms with Crippen molar-refractivity contribution in [1.82, 2.24) is 15.0 Å². The molecule has 7 aromatic carbocycles. The highest BCUT2D eigenvalue weighted by Gasteiger charge is 2.52.